The van der Waals surface area contributed by atoms with Crippen LogP contribution in [-0.2, 0) is 0 Å². The Morgan fingerprint density at radius 1 is 1.09 bits per heavy atom. The predicted molar refractivity (Wildman–Crippen MR) is 41.0 cm³/mol. The van der Waals surface area contributed by atoms with Gasteiger partial charge >= 0.3 is 0 Å². The summed E-state index contributed by atoms with van der Waals surface area (Å²) < 4.78 is 13.0. The van der Waals surface area contributed by atoms with Crippen LogP contribution in [0.1, 0.15) is 32.1 Å². The van der Waals surface area contributed by atoms with Gasteiger partial charge in [0, 0.05) is 0 Å². The van der Waals surface area contributed by atoms with E-state index >= 15 is 0 Å². The van der Waals surface area contributed by atoms with Crippen LogP contribution in [-0.4, -0.2) is 17.4 Å². The minimum absolute atomic E-state index is 0.591. The van der Waals surface area contributed by atoms with Crippen molar-refractivity contribution >= 4 is 0 Å². The first-order valence-corrected chi connectivity index (χ1v) is 4.59. The summed E-state index contributed by atoms with van der Waals surface area (Å²) in [6.45, 7) is 0. The van der Waals surface area contributed by atoms with Gasteiger partial charge in [0.05, 0.1) is 6.10 Å². The van der Waals surface area contributed by atoms with Crippen LogP contribution < -0.4 is 0 Å². The van der Waals surface area contributed by atoms with Gasteiger partial charge in [0.15, 0.2) is 0 Å². The molecule has 2 rings (SSSR count). The average molecular weight is 158 g/mol. The van der Waals surface area contributed by atoms with Gasteiger partial charge < -0.3 is 5.11 Å². The molecule has 2 heteroatoms. The summed E-state index contributed by atoms with van der Waals surface area (Å²) in [5.74, 6) is 1.23. The van der Waals surface area contributed by atoms with Crippen LogP contribution in [0.15, 0.2) is 0 Å². The van der Waals surface area contributed by atoms with Crippen molar-refractivity contribution in [2.24, 2.45) is 11.8 Å². The molecule has 2 fully saturated rings. The molecule has 1 N–H and O–H groups in total. The van der Waals surface area contributed by atoms with Crippen molar-refractivity contribution in [1.82, 2.24) is 0 Å². The van der Waals surface area contributed by atoms with E-state index in [0.29, 0.717) is 24.7 Å². The molecule has 0 spiro atoms. The third-order valence-electron chi connectivity index (χ3n) is 3.31. The van der Waals surface area contributed by atoms with E-state index in [2.05, 4.69) is 0 Å². The van der Waals surface area contributed by atoms with Crippen molar-refractivity contribution in [3.05, 3.63) is 0 Å². The van der Waals surface area contributed by atoms with Crippen LogP contribution in [0.2, 0.25) is 0 Å². The lowest BCUT2D eigenvalue weighted by atomic mass is 9.79. The van der Waals surface area contributed by atoms with Gasteiger partial charge in [-0.25, -0.2) is 4.39 Å². The third kappa shape index (κ3) is 1.28. The molecule has 0 saturated heterocycles. The Labute approximate surface area is 66.6 Å². The molecule has 0 aromatic heterocycles. The smallest absolute Gasteiger partial charge is 0.126 e. The van der Waals surface area contributed by atoms with Crippen LogP contribution >= 0.6 is 0 Å². The Balaban J connectivity index is 2.00. The van der Waals surface area contributed by atoms with Crippen molar-refractivity contribution in [2.45, 2.75) is 44.4 Å². The van der Waals surface area contributed by atoms with E-state index in [-0.39, 0.29) is 0 Å². The zero-order valence-electron chi connectivity index (χ0n) is 6.67. The molecular formula is C9H15FO. The fourth-order valence-electron chi connectivity index (χ4n) is 2.64. The van der Waals surface area contributed by atoms with E-state index in [1.165, 1.54) is 19.3 Å². The molecule has 1 nitrogen and oxygen atoms in total. The Kier molecular flexibility index (Phi) is 1.88. The van der Waals surface area contributed by atoms with E-state index in [1.54, 1.807) is 0 Å². The fraction of sp³-hybridized carbons (Fsp3) is 1.00. The van der Waals surface area contributed by atoms with Gasteiger partial charge in [-0.1, -0.05) is 19.3 Å². The second-order valence-corrected chi connectivity index (χ2v) is 4.01. The summed E-state index contributed by atoms with van der Waals surface area (Å²) in [7, 11) is 0. The lowest BCUT2D eigenvalue weighted by Crippen LogP contribution is -2.34. The maximum atomic E-state index is 13.0. The maximum absolute atomic E-state index is 13.0. The summed E-state index contributed by atoms with van der Waals surface area (Å²) in [5.41, 5.74) is 0. The number of rotatable bonds is 0. The molecule has 0 radical (unpaired) electrons. The molecule has 0 unspecified atom stereocenters. The molecule has 2 aliphatic rings. The number of aliphatic hydroxyl groups excluding tert-OH is 1. The number of fused-ring (bicyclic) bond motifs is 1. The van der Waals surface area contributed by atoms with Crippen molar-refractivity contribution < 1.29 is 9.50 Å². The zero-order chi connectivity index (χ0) is 7.84. The van der Waals surface area contributed by atoms with Crippen LogP contribution in [0.25, 0.3) is 0 Å². The molecule has 0 aromatic rings. The molecule has 0 aromatic carbocycles. The van der Waals surface area contributed by atoms with Crippen molar-refractivity contribution in [1.29, 1.82) is 0 Å². The van der Waals surface area contributed by atoms with E-state index < -0.39 is 12.3 Å². The van der Waals surface area contributed by atoms with Gasteiger partial charge in [0.25, 0.3) is 0 Å². The SMILES string of the molecule is O[C@@H]1C[C@@H]2CCC[C@H]2C[C@@H]1F. The van der Waals surface area contributed by atoms with E-state index in [1.807, 2.05) is 0 Å². The van der Waals surface area contributed by atoms with Gasteiger partial charge in [-0.05, 0) is 24.7 Å². The highest BCUT2D eigenvalue weighted by atomic mass is 19.1. The summed E-state index contributed by atoms with van der Waals surface area (Å²) in [6, 6.07) is 0. The standard InChI is InChI=1S/C9H15FO/c10-8-4-6-2-1-3-7(6)5-9(8)11/h6-9,11H,1-5H2/t6-,7-,8-,9+/m0/s1. The molecule has 0 heterocycles. The second kappa shape index (κ2) is 2.74. The molecule has 2 aliphatic carbocycles. The van der Waals surface area contributed by atoms with Crippen LogP contribution in [0, 0.1) is 11.8 Å². The Morgan fingerprint density at radius 3 is 2.45 bits per heavy atom. The van der Waals surface area contributed by atoms with Gasteiger partial charge in [-0.2, -0.15) is 0 Å². The first-order chi connectivity index (χ1) is 5.27. The topological polar surface area (TPSA) is 20.2 Å². The molecule has 0 amide bonds. The van der Waals surface area contributed by atoms with Crippen LogP contribution in [0.5, 0.6) is 0 Å². The molecule has 0 bridgehead atoms. The van der Waals surface area contributed by atoms with Crippen molar-refractivity contribution in [3.63, 3.8) is 0 Å². The lowest BCUT2D eigenvalue weighted by molar-refractivity contribution is 0.00436. The summed E-state index contributed by atoms with van der Waals surface area (Å²) in [5, 5.41) is 9.25. The summed E-state index contributed by atoms with van der Waals surface area (Å²) >= 11 is 0. The van der Waals surface area contributed by atoms with Crippen LogP contribution in [0.3, 0.4) is 0 Å². The maximum Gasteiger partial charge on any atom is 0.126 e. The van der Waals surface area contributed by atoms with Gasteiger partial charge in [-0.15, -0.1) is 0 Å². The molecule has 4 atom stereocenters. The van der Waals surface area contributed by atoms with E-state index in [0.717, 1.165) is 0 Å². The van der Waals surface area contributed by atoms with Crippen molar-refractivity contribution in [3.8, 4) is 0 Å². The monoisotopic (exact) mass is 158 g/mol. The highest BCUT2D eigenvalue weighted by molar-refractivity contribution is 4.89. The molecule has 11 heavy (non-hydrogen) atoms. The minimum Gasteiger partial charge on any atom is -0.390 e. The van der Waals surface area contributed by atoms with Gasteiger partial charge in [0.1, 0.15) is 6.17 Å². The quantitative estimate of drug-likeness (QED) is 0.571. The average Bonchev–Trinajstić information content (AvgIpc) is 2.36. The minimum atomic E-state index is -0.936. The number of halogens is 1. The lowest BCUT2D eigenvalue weighted by Gasteiger charge is -2.31. The number of aliphatic hydroxyl groups is 1. The first kappa shape index (κ1) is 7.53. The Bertz CT molecular complexity index is 132. The summed E-state index contributed by atoms with van der Waals surface area (Å²) in [4.78, 5) is 0. The van der Waals surface area contributed by atoms with Gasteiger partial charge in [-0.3, -0.25) is 0 Å². The molecule has 64 valence electrons. The predicted octanol–water partition coefficient (Wildman–Crippen LogP) is 1.90. The second-order valence-electron chi connectivity index (χ2n) is 4.01. The Morgan fingerprint density at radius 2 is 1.73 bits per heavy atom. The first-order valence-electron chi connectivity index (χ1n) is 4.59. The highest BCUT2D eigenvalue weighted by Gasteiger charge is 2.38. The molecular weight excluding hydrogens is 143 g/mol. The number of alkyl halides is 1. The van der Waals surface area contributed by atoms with E-state index in [9.17, 15) is 9.50 Å². The van der Waals surface area contributed by atoms with Crippen molar-refractivity contribution in [2.75, 3.05) is 0 Å². The Hall–Kier alpha value is -0.110. The number of hydrogen-bond acceptors (Lipinski definition) is 1. The zero-order valence-corrected chi connectivity index (χ0v) is 6.67. The van der Waals surface area contributed by atoms with Gasteiger partial charge in [0.2, 0.25) is 0 Å². The third-order valence-corrected chi connectivity index (χ3v) is 3.31. The normalized spacial score (nSPS) is 50.7. The molecule has 0 aliphatic heterocycles. The number of hydrogen-bond donors (Lipinski definition) is 1. The van der Waals surface area contributed by atoms with Crippen LogP contribution in [0.4, 0.5) is 4.39 Å². The highest BCUT2D eigenvalue weighted by Crippen LogP contribution is 2.42. The van der Waals surface area contributed by atoms with E-state index in [4.69, 9.17) is 0 Å². The summed E-state index contributed by atoms with van der Waals surface area (Å²) in [6.07, 6.45) is 3.39. The fourth-order valence-corrected chi connectivity index (χ4v) is 2.64. The molecule has 2 saturated carbocycles. The largest absolute Gasteiger partial charge is 0.390 e.